The first-order valence-electron chi connectivity index (χ1n) is 10.8. The van der Waals surface area contributed by atoms with Crippen molar-refractivity contribution in [3.8, 4) is 23.1 Å². The standard InChI is InChI=1S/C25H27N3O3/c1-3-28-23-14-20(30-2)11-12-21(23)22(15-26)24(28)18-9-6-10-19(13-18)27-25(29)31-16-17-7-4-5-8-17/h6,9-14,17H,3-5,7-8,16H2,1-2H3,(H,27,29). The summed E-state index contributed by atoms with van der Waals surface area (Å²) in [5.74, 6) is 1.23. The Morgan fingerprint density at radius 2 is 2.03 bits per heavy atom. The van der Waals surface area contributed by atoms with E-state index in [1.807, 2.05) is 49.4 Å². The van der Waals surface area contributed by atoms with Crippen molar-refractivity contribution in [2.75, 3.05) is 19.0 Å². The number of aromatic nitrogens is 1. The number of amides is 1. The zero-order valence-electron chi connectivity index (χ0n) is 18.0. The van der Waals surface area contributed by atoms with E-state index in [1.54, 1.807) is 7.11 Å². The lowest BCUT2D eigenvalue weighted by molar-refractivity contribution is 0.142. The van der Waals surface area contributed by atoms with Crippen molar-refractivity contribution in [1.29, 1.82) is 5.26 Å². The number of anilines is 1. The first kappa shape index (κ1) is 20.8. The molecule has 0 saturated heterocycles. The van der Waals surface area contributed by atoms with Gasteiger partial charge in [0.15, 0.2) is 0 Å². The molecule has 1 N–H and O–H groups in total. The largest absolute Gasteiger partial charge is 0.497 e. The van der Waals surface area contributed by atoms with E-state index < -0.39 is 6.09 Å². The Kier molecular flexibility index (Phi) is 6.13. The number of carbonyl (C=O) groups excluding carboxylic acids is 1. The number of aryl methyl sites for hydroxylation is 1. The highest BCUT2D eigenvalue weighted by Gasteiger charge is 2.20. The quantitative estimate of drug-likeness (QED) is 0.538. The van der Waals surface area contributed by atoms with Gasteiger partial charge in [0.2, 0.25) is 0 Å². The van der Waals surface area contributed by atoms with E-state index in [0.29, 0.717) is 30.3 Å². The van der Waals surface area contributed by atoms with Gasteiger partial charge in [0.05, 0.1) is 30.5 Å². The van der Waals surface area contributed by atoms with Crippen LogP contribution in [0.2, 0.25) is 0 Å². The maximum absolute atomic E-state index is 12.3. The molecular weight excluding hydrogens is 390 g/mol. The fourth-order valence-electron chi connectivity index (χ4n) is 4.47. The van der Waals surface area contributed by atoms with Crippen molar-refractivity contribution in [2.24, 2.45) is 5.92 Å². The molecule has 0 atom stereocenters. The van der Waals surface area contributed by atoms with Gasteiger partial charge in [-0.2, -0.15) is 5.26 Å². The van der Waals surface area contributed by atoms with E-state index in [0.717, 1.165) is 40.8 Å². The molecule has 160 valence electrons. The number of carbonyl (C=O) groups is 1. The van der Waals surface area contributed by atoms with Gasteiger partial charge in [-0.1, -0.05) is 25.0 Å². The summed E-state index contributed by atoms with van der Waals surface area (Å²) in [6.45, 7) is 3.21. The highest BCUT2D eigenvalue weighted by molar-refractivity contribution is 5.96. The van der Waals surface area contributed by atoms with Crippen molar-refractivity contribution in [2.45, 2.75) is 39.2 Å². The average Bonchev–Trinajstić information content (AvgIpc) is 3.42. The van der Waals surface area contributed by atoms with Gasteiger partial charge in [0, 0.05) is 29.2 Å². The Morgan fingerprint density at radius 3 is 2.74 bits per heavy atom. The molecule has 1 aromatic heterocycles. The van der Waals surface area contributed by atoms with E-state index >= 15 is 0 Å². The Bertz CT molecular complexity index is 1140. The molecule has 3 aromatic rings. The van der Waals surface area contributed by atoms with E-state index in [4.69, 9.17) is 9.47 Å². The minimum Gasteiger partial charge on any atom is -0.497 e. The number of hydrogen-bond acceptors (Lipinski definition) is 4. The van der Waals surface area contributed by atoms with Crippen LogP contribution in [0.25, 0.3) is 22.2 Å². The third-order valence-electron chi connectivity index (χ3n) is 6.01. The molecule has 0 unspecified atom stereocenters. The smallest absolute Gasteiger partial charge is 0.411 e. The van der Waals surface area contributed by atoms with Crippen LogP contribution in [-0.4, -0.2) is 24.4 Å². The Morgan fingerprint density at radius 1 is 1.23 bits per heavy atom. The molecule has 0 radical (unpaired) electrons. The molecule has 6 heteroatoms. The summed E-state index contributed by atoms with van der Waals surface area (Å²) in [6, 6.07) is 15.6. The Balaban J connectivity index is 1.64. The fourth-order valence-corrected chi connectivity index (χ4v) is 4.47. The summed E-state index contributed by atoms with van der Waals surface area (Å²) in [5, 5.41) is 13.6. The number of ether oxygens (including phenoxy) is 2. The molecule has 1 amide bonds. The van der Waals surface area contributed by atoms with Crippen LogP contribution in [0.5, 0.6) is 5.75 Å². The number of rotatable bonds is 6. The summed E-state index contributed by atoms with van der Waals surface area (Å²) < 4.78 is 12.9. The lowest BCUT2D eigenvalue weighted by Gasteiger charge is -2.13. The van der Waals surface area contributed by atoms with Crippen molar-refractivity contribution in [3.05, 3.63) is 48.0 Å². The average molecular weight is 418 g/mol. The van der Waals surface area contributed by atoms with Gasteiger partial charge in [0.1, 0.15) is 11.8 Å². The number of nitrogens with one attached hydrogen (secondary N) is 1. The van der Waals surface area contributed by atoms with Gasteiger partial charge in [-0.3, -0.25) is 5.32 Å². The minimum atomic E-state index is -0.440. The van der Waals surface area contributed by atoms with Crippen molar-refractivity contribution < 1.29 is 14.3 Å². The van der Waals surface area contributed by atoms with Gasteiger partial charge < -0.3 is 14.0 Å². The van der Waals surface area contributed by atoms with Crippen molar-refractivity contribution >= 4 is 22.7 Å². The summed E-state index contributed by atoms with van der Waals surface area (Å²) >= 11 is 0. The molecule has 31 heavy (non-hydrogen) atoms. The molecule has 4 rings (SSSR count). The van der Waals surface area contributed by atoms with Crippen LogP contribution in [0, 0.1) is 17.2 Å². The summed E-state index contributed by atoms with van der Waals surface area (Å²) in [5.41, 5.74) is 3.89. The predicted octanol–water partition coefficient (Wildman–Crippen LogP) is 5.95. The fraction of sp³-hybridized carbons (Fsp3) is 0.360. The topological polar surface area (TPSA) is 76.3 Å². The number of hydrogen-bond donors (Lipinski definition) is 1. The molecule has 6 nitrogen and oxygen atoms in total. The first-order valence-corrected chi connectivity index (χ1v) is 10.8. The molecule has 1 heterocycles. The number of nitriles is 1. The maximum Gasteiger partial charge on any atom is 0.411 e. The van der Waals surface area contributed by atoms with E-state index in [2.05, 4.69) is 16.0 Å². The third-order valence-corrected chi connectivity index (χ3v) is 6.01. The van der Waals surface area contributed by atoms with Gasteiger partial charge in [-0.25, -0.2) is 4.79 Å². The van der Waals surface area contributed by atoms with Gasteiger partial charge in [-0.05, 0) is 49.9 Å². The minimum absolute atomic E-state index is 0.440. The summed E-state index contributed by atoms with van der Waals surface area (Å²) in [7, 11) is 1.63. The molecule has 1 aliphatic rings. The lowest BCUT2D eigenvalue weighted by Crippen LogP contribution is -2.17. The molecule has 1 fully saturated rings. The maximum atomic E-state index is 12.3. The number of methoxy groups -OCH3 is 1. The second-order valence-corrected chi connectivity index (χ2v) is 7.92. The van der Waals surface area contributed by atoms with E-state index in [-0.39, 0.29) is 0 Å². The van der Waals surface area contributed by atoms with Crippen LogP contribution in [-0.2, 0) is 11.3 Å². The number of fused-ring (bicyclic) bond motifs is 1. The van der Waals surface area contributed by atoms with Crippen molar-refractivity contribution in [3.63, 3.8) is 0 Å². The summed E-state index contributed by atoms with van der Waals surface area (Å²) in [4.78, 5) is 12.3. The second-order valence-electron chi connectivity index (χ2n) is 7.92. The van der Waals surface area contributed by atoms with Crippen LogP contribution in [0.15, 0.2) is 42.5 Å². The van der Waals surface area contributed by atoms with Crippen LogP contribution in [0.1, 0.15) is 38.2 Å². The molecule has 1 aliphatic carbocycles. The Labute approximate surface area is 182 Å². The molecular formula is C25H27N3O3. The second kappa shape index (κ2) is 9.13. The highest BCUT2D eigenvalue weighted by atomic mass is 16.5. The van der Waals surface area contributed by atoms with Gasteiger partial charge in [0.25, 0.3) is 0 Å². The van der Waals surface area contributed by atoms with Gasteiger partial charge in [-0.15, -0.1) is 0 Å². The normalized spacial score (nSPS) is 13.8. The molecule has 0 spiro atoms. The van der Waals surface area contributed by atoms with Gasteiger partial charge >= 0.3 is 6.09 Å². The molecule has 0 aliphatic heterocycles. The number of benzene rings is 2. The monoisotopic (exact) mass is 417 g/mol. The first-order chi connectivity index (χ1) is 15.1. The molecule has 0 bridgehead atoms. The van der Waals surface area contributed by atoms with Crippen LogP contribution in [0.3, 0.4) is 0 Å². The molecule has 2 aromatic carbocycles. The zero-order valence-corrected chi connectivity index (χ0v) is 18.0. The van der Waals surface area contributed by atoms with E-state index in [1.165, 1.54) is 12.8 Å². The van der Waals surface area contributed by atoms with E-state index in [9.17, 15) is 10.1 Å². The number of nitrogens with zero attached hydrogens (tertiary/aromatic N) is 2. The third kappa shape index (κ3) is 4.22. The van der Waals surface area contributed by atoms with Crippen LogP contribution < -0.4 is 10.1 Å². The predicted molar refractivity (Wildman–Crippen MR) is 121 cm³/mol. The van der Waals surface area contributed by atoms with Crippen LogP contribution >= 0.6 is 0 Å². The van der Waals surface area contributed by atoms with Crippen LogP contribution in [0.4, 0.5) is 10.5 Å². The zero-order chi connectivity index (χ0) is 21.8. The Hall–Kier alpha value is -3.46. The SMILES string of the molecule is CCn1c(-c2cccc(NC(=O)OCC3CCCC3)c2)c(C#N)c2ccc(OC)cc21. The molecule has 1 saturated carbocycles. The highest BCUT2D eigenvalue weighted by Crippen LogP contribution is 2.36. The van der Waals surface area contributed by atoms with Crippen molar-refractivity contribution in [1.82, 2.24) is 4.57 Å². The summed E-state index contributed by atoms with van der Waals surface area (Å²) in [6.07, 6.45) is 4.26. The lowest BCUT2D eigenvalue weighted by atomic mass is 10.1.